The highest BCUT2D eigenvalue weighted by Crippen LogP contribution is 2.29. The van der Waals surface area contributed by atoms with Crippen molar-refractivity contribution in [2.75, 3.05) is 13.1 Å². The number of thiazole rings is 1. The molecule has 1 amide bonds. The van der Waals surface area contributed by atoms with Crippen LogP contribution >= 0.6 is 11.3 Å². The minimum atomic E-state index is -0.420. The topological polar surface area (TPSA) is 66.6 Å². The molecule has 3 rings (SSSR count). The number of aliphatic hydroxyl groups excluding tert-OH is 1. The van der Waals surface area contributed by atoms with Gasteiger partial charge in [0.2, 0.25) is 0 Å². The molecule has 0 radical (unpaired) electrons. The molecule has 1 atom stereocenters. The van der Waals surface area contributed by atoms with E-state index in [1.807, 2.05) is 13.0 Å². The Morgan fingerprint density at radius 1 is 1.60 bits per heavy atom. The molecule has 0 aliphatic carbocycles. The van der Waals surface area contributed by atoms with Crippen LogP contribution in [0.25, 0.3) is 10.8 Å². The van der Waals surface area contributed by atoms with Crippen molar-refractivity contribution in [2.24, 2.45) is 0 Å². The Bertz CT molecular complexity index is 606. The molecule has 1 saturated heterocycles. The first kappa shape index (κ1) is 13.3. The van der Waals surface area contributed by atoms with Crippen LogP contribution in [-0.2, 0) is 0 Å². The number of carbonyl (C=O) groups excluding carboxylic acids is 1. The van der Waals surface area contributed by atoms with Crippen molar-refractivity contribution in [2.45, 2.75) is 25.9 Å². The monoisotopic (exact) mass is 292 g/mol. The maximum atomic E-state index is 12.5. The van der Waals surface area contributed by atoms with Gasteiger partial charge in [-0.05, 0) is 31.9 Å². The number of likely N-dealkylation sites (tertiary alicyclic amines) is 1. The fraction of sp³-hybridized carbons (Fsp3) is 0.429. The van der Waals surface area contributed by atoms with E-state index >= 15 is 0 Å². The molecular formula is C14H16N2O3S. The van der Waals surface area contributed by atoms with Gasteiger partial charge in [-0.25, -0.2) is 4.98 Å². The molecule has 2 aromatic rings. The molecule has 1 unspecified atom stereocenters. The lowest BCUT2D eigenvalue weighted by atomic mass is 10.1. The van der Waals surface area contributed by atoms with Crippen molar-refractivity contribution in [3.05, 3.63) is 29.0 Å². The highest BCUT2D eigenvalue weighted by atomic mass is 32.1. The van der Waals surface area contributed by atoms with Crippen LogP contribution in [0.4, 0.5) is 0 Å². The third-order valence-electron chi connectivity index (χ3n) is 3.41. The summed E-state index contributed by atoms with van der Waals surface area (Å²) in [7, 11) is 0. The number of aliphatic hydroxyl groups is 1. The summed E-state index contributed by atoms with van der Waals surface area (Å²) in [6.45, 7) is 2.96. The lowest BCUT2D eigenvalue weighted by Crippen LogP contribution is -2.42. The number of furan rings is 1. The van der Waals surface area contributed by atoms with Crippen LogP contribution in [0.5, 0.6) is 0 Å². The fourth-order valence-corrected chi connectivity index (χ4v) is 3.26. The zero-order valence-corrected chi connectivity index (χ0v) is 12.0. The summed E-state index contributed by atoms with van der Waals surface area (Å²) in [5.74, 6) is 0.575. The number of β-amino-alcohol motifs (C(OH)–C–C–N with tert-alkyl or cyclic N) is 1. The number of aromatic nitrogens is 1. The largest absolute Gasteiger partial charge is 0.462 e. The van der Waals surface area contributed by atoms with E-state index in [0.29, 0.717) is 29.6 Å². The molecule has 1 aliphatic rings. The normalized spacial score (nSPS) is 19.3. The molecule has 0 spiro atoms. The van der Waals surface area contributed by atoms with Gasteiger partial charge in [-0.1, -0.05) is 0 Å². The van der Waals surface area contributed by atoms with E-state index in [9.17, 15) is 9.90 Å². The Morgan fingerprint density at radius 2 is 2.45 bits per heavy atom. The van der Waals surface area contributed by atoms with Crippen LogP contribution in [0.15, 0.2) is 22.8 Å². The number of aryl methyl sites for hydroxylation is 1. The molecule has 0 bridgehead atoms. The smallest absolute Gasteiger partial charge is 0.273 e. The molecule has 5 nitrogen and oxygen atoms in total. The lowest BCUT2D eigenvalue weighted by molar-refractivity contribution is 0.0469. The lowest BCUT2D eigenvalue weighted by Gasteiger charge is -2.29. The second kappa shape index (κ2) is 5.38. The number of rotatable bonds is 2. The average Bonchev–Trinajstić information content (AvgIpc) is 3.07. The van der Waals surface area contributed by atoms with Crippen LogP contribution in [0.2, 0.25) is 0 Å². The summed E-state index contributed by atoms with van der Waals surface area (Å²) in [5.41, 5.74) is 0.468. The molecule has 1 N–H and O–H groups in total. The number of carbonyl (C=O) groups is 1. The van der Waals surface area contributed by atoms with E-state index < -0.39 is 6.10 Å². The maximum Gasteiger partial charge on any atom is 0.273 e. The third kappa shape index (κ3) is 2.48. The summed E-state index contributed by atoms with van der Waals surface area (Å²) in [6.07, 6.45) is 2.77. The Kier molecular flexibility index (Phi) is 3.58. The van der Waals surface area contributed by atoms with Gasteiger partial charge in [-0.15, -0.1) is 11.3 Å². The van der Waals surface area contributed by atoms with E-state index in [1.165, 1.54) is 11.3 Å². The first-order valence-electron chi connectivity index (χ1n) is 6.64. The fourth-order valence-electron chi connectivity index (χ4n) is 2.39. The number of hydrogen-bond donors (Lipinski definition) is 1. The SMILES string of the molecule is Cc1sc(-c2ccco2)nc1C(=O)N1CCCC(O)C1. The van der Waals surface area contributed by atoms with Crippen LogP contribution < -0.4 is 0 Å². The van der Waals surface area contributed by atoms with Crippen molar-refractivity contribution in [1.29, 1.82) is 0 Å². The van der Waals surface area contributed by atoms with E-state index in [4.69, 9.17) is 4.42 Å². The van der Waals surface area contributed by atoms with Crippen LogP contribution in [0.3, 0.4) is 0 Å². The Morgan fingerprint density at radius 3 is 3.15 bits per heavy atom. The van der Waals surface area contributed by atoms with Crippen molar-refractivity contribution < 1.29 is 14.3 Å². The summed E-state index contributed by atoms with van der Waals surface area (Å²) < 4.78 is 5.31. The van der Waals surface area contributed by atoms with Crippen LogP contribution in [0.1, 0.15) is 28.2 Å². The third-order valence-corrected chi connectivity index (χ3v) is 4.40. The zero-order valence-electron chi connectivity index (χ0n) is 11.2. The van der Waals surface area contributed by atoms with Crippen molar-refractivity contribution in [3.63, 3.8) is 0 Å². The van der Waals surface area contributed by atoms with E-state index in [2.05, 4.69) is 4.98 Å². The zero-order chi connectivity index (χ0) is 14.1. The summed E-state index contributed by atoms with van der Waals surface area (Å²) in [6, 6.07) is 3.63. The second-order valence-electron chi connectivity index (χ2n) is 4.95. The molecule has 0 aromatic carbocycles. The number of nitrogens with zero attached hydrogens (tertiary/aromatic N) is 2. The Labute approximate surface area is 120 Å². The molecular weight excluding hydrogens is 276 g/mol. The summed E-state index contributed by atoms with van der Waals surface area (Å²) in [5, 5.41) is 10.4. The molecule has 20 heavy (non-hydrogen) atoms. The standard InChI is InChI=1S/C14H16N2O3S/c1-9-12(14(18)16-6-2-4-10(17)8-16)15-13(20-9)11-5-3-7-19-11/h3,5,7,10,17H,2,4,6,8H2,1H3. The maximum absolute atomic E-state index is 12.5. The molecule has 6 heteroatoms. The van der Waals surface area contributed by atoms with Crippen LogP contribution in [0, 0.1) is 6.92 Å². The van der Waals surface area contributed by atoms with E-state index in [1.54, 1.807) is 17.2 Å². The number of amides is 1. The van der Waals surface area contributed by atoms with Gasteiger partial charge in [0.05, 0.1) is 12.4 Å². The minimum Gasteiger partial charge on any atom is -0.462 e. The van der Waals surface area contributed by atoms with Gasteiger partial charge in [0.1, 0.15) is 5.69 Å². The first-order valence-corrected chi connectivity index (χ1v) is 7.45. The van der Waals surface area contributed by atoms with Crippen LogP contribution in [-0.4, -0.2) is 40.1 Å². The van der Waals surface area contributed by atoms with Crippen molar-refractivity contribution >= 4 is 17.2 Å². The summed E-state index contributed by atoms with van der Waals surface area (Å²) in [4.78, 5) is 19.4. The van der Waals surface area contributed by atoms with Gasteiger partial charge in [-0.3, -0.25) is 4.79 Å². The van der Waals surface area contributed by atoms with Gasteiger partial charge in [0.25, 0.3) is 5.91 Å². The van der Waals surface area contributed by atoms with E-state index in [0.717, 1.165) is 17.7 Å². The Hall–Kier alpha value is -1.66. The van der Waals surface area contributed by atoms with Gasteiger partial charge in [-0.2, -0.15) is 0 Å². The number of hydrogen-bond acceptors (Lipinski definition) is 5. The van der Waals surface area contributed by atoms with Gasteiger partial charge in [0.15, 0.2) is 10.8 Å². The molecule has 3 heterocycles. The highest BCUT2D eigenvalue weighted by Gasteiger charge is 2.26. The predicted octanol–water partition coefficient (Wildman–Crippen LogP) is 2.31. The predicted molar refractivity (Wildman–Crippen MR) is 75.7 cm³/mol. The molecule has 1 aliphatic heterocycles. The van der Waals surface area contributed by atoms with Crippen molar-refractivity contribution in [1.82, 2.24) is 9.88 Å². The first-order chi connectivity index (χ1) is 9.65. The quantitative estimate of drug-likeness (QED) is 0.922. The highest BCUT2D eigenvalue weighted by molar-refractivity contribution is 7.15. The van der Waals surface area contributed by atoms with Gasteiger partial charge < -0.3 is 14.4 Å². The molecule has 0 saturated carbocycles. The molecule has 2 aromatic heterocycles. The Balaban J connectivity index is 1.85. The van der Waals surface area contributed by atoms with E-state index in [-0.39, 0.29) is 5.91 Å². The van der Waals surface area contributed by atoms with Crippen molar-refractivity contribution in [3.8, 4) is 10.8 Å². The van der Waals surface area contributed by atoms with Gasteiger partial charge in [0, 0.05) is 18.0 Å². The molecule has 1 fully saturated rings. The molecule has 106 valence electrons. The minimum absolute atomic E-state index is 0.102. The van der Waals surface area contributed by atoms with Gasteiger partial charge >= 0.3 is 0 Å². The second-order valence-corrected chi connectivity index (χ2v) is 6.15. The summed E-state index contributed by atoms with van der Waals surface area (Å²) >= 11 is 1.45. The average molecular weight is 292 g/mol. The number of piperidine rings is 1.